The van der Waals surface area contributed by atoms with Gasteiger partial charge in [-0.15, -0.1) is 0 Å². The Balaban J connectivity index is 2.96. The fourth-order valence-electron chi connectivity index (χ4n) is 1.55. The zero-order valence-electron chi connectivity index (χ0n) is 11.2. The molecule has 18 heavy (non-hydrogen) atoms. The van der Waals surface area contributed by atoms with Crippen LogP contribution in [-0.4, -0.2) is 17.0 Å². The van der Waals surface area contributed by atoms with Crippen molar-refractivity contribution in [1.82, 2.24) is 0 Å². The molecule has 1 aromatic rings. The van der Waals surface area contributed by atoms with Crippen LogP contribution in [0.1, 0.15) is 36.7 Å². The smallest absolute Gasteiger partial charge is 0.336 e. The van der Waals surface area contributed by atoms with Gasteiger partial charge < -0.3 is 10.4 Å². The molecule has 0 aliphatic carbocycles. The zero-order chi connectivity index (χ0) is 13.9. The van der Waals surface area contributed by atoms with Crippen molar-refractivity contribution in [3.05, 3.63) is 29.3 Å². The third-order valence-corrected chi connectivity index (χ3v) is 3.24. The topological polar surface area (TPSA) is 66.4 Å². The monoisotopic (exact) mass is 249 g/mol. The number of nitrogens with one attached hydrogen (secondary N) is 1. The summed E-state index contributed by atoms with van der Waals surface area (Å²) in [7, 11) is 0. The molecule has 0 heterocycles. The second-order valence-electron chi connectivity index (χ2n) is 4.81. The van der Waals surface area contributed by atoms with Crippen LogP contribution in [0, 0.1) is 18.8 Å². The van der Waals surface area contributed by atoms with Crippen LogP contribution in [0.3, 0.4) is 0 Å². The third kappa shape index (κ3) is 3.09. The molecule has 1 atom stereocenters. The van der Waals surface area contributed by atoms with Gasteiger partial charge in [0.25, 0.3) is 0 Å². The van der Waals surface area contributed by atoms with Gasteiger partial charge in [-0.1, -0.05) is 26.8 Å². The van der Waals surface area contributed by atoms with Crippen LogP contribution in [0.15, 0.2) is 18.2 Å². The Morgan fingerprint density at radius 3 is 2.33 bits per heavy atom. The summed E-state index contributed by atoms with van der Waals surface area (Å²) in [5.74, 6) is -0.943. The number of rotatable bonds is 4. The molecule has 0 saturated carbocycles. The Labute approximate surface area is 107 Å². The molecular formula is C14H19NO3. The van der Waals surface area contributed by atoms with Gasteiger partial charge >= 0.3 is 5.97 Å². The Morgan fingerprint density at radius 2 is 1.83 bits per heavy atom. The van der Waals surface area contributed by atoms with E-state index in [4.69, 9.17) is 5.11 Å². The number of benzene rings is 1. The van der Waals surface area contributed by atoms with Crippen LogP contribution in [0.5, 0.6) is 0 Å². The van der Waals surface area contributed by atoms with Crippen molar-refractivity contribution in [1.29, 1.82) is 0 Å². The second kappa shape index (κ2) is 5.67. The quantitative estimate of drug-likeness (QED) is 0.862. The van der Waals surface area contributed by atoms with Gasteiger partial charge in [0.2, 0.25) is 5.91 Å². The lowest BCUT2D eigenvalue weighted by atomic mass is 9.97. The lowest BCUT2D eigenvalue weighted by molar-refractivity contribution is -0.120. The zero-order valence-corrected chi connectivity index (χ0v) is 11.2. The molecule has 0 aliphatic rings. The van der Waals surface area contributed by atoms with Crippen molar-refractivity contribution < 1.29 is 14.7 Å². The first kappa shape index (κ1) is 14.2. The molecule has 2 N–H and O–H groups in total. The van der Waals surface area contributed by atoms with E-state index in [2.05, 4.69) is 5.32 Å². The van der Waals surface area contributed by atoms with E-state index in [-0.39, 0.29) is 23.3 Å². The van der Waals surface area contributed by atoms with Gasteiger partial charge in [0, 0.05) is 11.6 Å². The fourth-order valence-corrected chi connectivity index (χ4v) is 1.55. The van der Waals surface area contributed by atoms with Crippen LogP contribution < -0.4 is 5.32 Å². The maximum atomic E-state index is 11.9. The Hall–Kier alpha value is -1.84. The van der Waals surface area contributed by atoms with Crippen molar-refractivity contribution >= 4 is 17.6 Å². The van der Waals surface area contributed by atoms with Gasteiger partial charge in [0.05, 0.1) is 5.56 Å². The molecule has 0 radical (unpaired) electrons. The molecule has 0 aromatic heterocycles. The number of carboxylic acids is 1. The van der Waals surface area contributed by atoms with Gasteiger partial charge in [-0.2, -0.15) is 0 Å². The first-order valence-corrected chi connectivity index (χ1v) is 5.98. The molecule has 4 heteroatoms. The van der Waals surface area contributed by atoms with Crippen LogP contribution >= 0.6 is 0 Å². The van der Waals surface area contributed by atoms with Gasteiger partial charge in [0.15, 0.2) is 0 Å². The van der Waals surface area contributed by atoms with E-state index in [0.717, 1.165) is 0 Å². The Morgan fingerprint density at radius 1 is 1.22 bits per heavy atom. The lowest BCUT2D eigenvalue weighted by Gasteiger charge is -2.17. The molecule has 1 aromatic carbocycles. The summed E-state index contributed by atoms with van der Waals surface area (Å²) < 4.78 is 0. The van der Waals surface area contributed by atoms with Gasteiger partial charge in [-0.25, -0.2) is 4.79 Å². The molecule has 0 aliphatic heterocycles. The van der Waals surface area contributed by atoms with E-state index < -0.39 is 5.97 Å². The minimum Gasteiger partial charge on any atom is -0.478 e. The Bertz CT molecular complexity index is 466. The average molecular weight is 249 g/mol. The highest BCUT2D eigenvalue weighted by Crippen LogP contribution is 2.21. The number of hydrogen-bond donors (Lipinski definition) is 2. The number of carbonyl (C=O) groups excluding carboxylic acids is 1. The summed E-state index contributed by atoms with van der Waals surface area (Å²) in [6.45, 7) is 7.50. The highest BCUT2D eigenvalue weighted by Gasteiger charge is 2.18. The van der Waals surface area contributed by atoms with Crippen molar-refractivity contribution in [3.63, 3.8) is 0 Å². The van der Waals surface area contributed by atoms with E-state index in [0.29, 0.717) is 11.3 Å². The fraction of sp³-hybridized carbons (Fsp3) is 0.429. The van der Waals surface area contributed by atoms with Crippen molar-refractivity contribution in [2.75, 3.05) is 5.32 Å². The first-order chi connectivity index (χ1) is 8.34. The van der Waals surface area contributed by atoms with Gasteiger partial charge in [-0.05, 0) is 30.5 Å². The molecule has 4 nitrogen and oxygen atoms in total. The predicted molar refractivity (Wildman–Crippen MR) is 70.8 cm³/mol. The molecule has 0 saturated heterocycles. The number of carboxylic acid groups (broad SMARTS) is 1. The van der Waals surface area contributed by atoms with E-state index in [1.807, 2.05) is 20.8 Å². The number of aromatic carboxylic acids is 1. The van der Waals surface area contributed by atoms with E-state index in [1.54, 1.807) is 19.1 Å². The summed E-state index contributed by atoms with van der Waals surface area (Å²) in [4.78, 5) is 22.9. The molecular weight excluding hydrogens is 230 g/mol. The SMILES string of the molecule is Cc1c(NC(=O)C(C)C(C)C)cccc1C(=O)O. The van der Waals surface area contributed by atoms with Crippen LogP contribution in [-0.2, 0) is 4.79 Å². The van der Waals surface area contributed by atoms with Crippen molar-refractivity contribution in [2.45, 2.75) is 27.7 Å². The maximum absolute atomic E-state index is 11.9. The minimum absolute atomic E-state index is 0.0874. The number of amides is 1. The van der Waals surface area contributed by atoms with E-state index >= 15 is 0 Å². The van der Waals surface area contributed by atoms with Crippen molar-refractivity contribution in [3.8, 4) is 0 Å². The highest BCUT2D eigenvalue weighted by atomic mass is 16.4. The third-order valence-electron chi connectivity index (χ3n) is 3.24. The summed E-state index contributed by atoms with van der Waals surface area (Å²) >= 11 is 0. The minimum atomic E-state index is -0.986. The lowest BCUT2D eigenvalue weighted by Crippen LogP contribution is -2.24. The molecule has 0 bridgehead atoms. The van der Waals surface area contributed by atoms with Crippen LogP contribution in [0.2, 0.25) is 0 Å². The normalized spacial score (nSPS) is 12.3. The summed E-state index contributed by atoms with van der Waals surface area (Å²) in [6.07, 6.45) is 0. The Kier molecular flexibility index (Phi) is 4.48. The van der Waals surface area contributed by atoms with Crippen LogP contribution in [0.25, 0.3) is 0 Å². The summed E-state index contributed by atoms with van der Waals surface area (Å²) in [6, 6.07) is 4.87. The van der Waals surface area contributed by atoms with Gasteiger partial charge in [0.1, 0.15) is 0 Å². The number of hydrogen-bond acceptors (Lipinski definition) is 2. The van der Waals surface area contributed by atoms with E-state index in [1.165, 1.54) is 6.07 Å². The molecule has 0 fully saturated rings. The molecule has 1 unspecified atom stereocenters. The maximum Gasteiger partial charge on any atom is 0.336 e. The molecule has 1 amide bonds. The van der Waals surface area contributed by atoms with Gasteiger partial charge in [-0.3, -0.25) is 4.79 Å². The molecule has 0 spiro atoms. The average Bonchev–Trinajstić information content (AvgIpc) is 2.30. The highest BCUT2D eigenvalue weighted by molar-refractivity contribution is 5.96. The standard InChI is InChI=1S/C14H19NO3/c1-8(2)9(3)13(16)15-12-7-5-6-11(10(12)4)14(17)18/h5-9H,1-4H3,(H,15,16)(H,17,18). The second-order valence-corrected chi connectivity index (χ2v) is 4.81. The van der Waals surface area contributed by atoms with E-state index in [9.17, 15) is 9.59 Å². The predicted octanol–water partition coefficient (Wildman–Crippen LogP) is 2.92. The summed E-state index contributed by atoms with van der Waals surface area (Å²) in [5.41, 5.74) is 1.35. The van der Waals surface area contributed by atoms with Crippen LogP contribution in [0.4, 0.5) is 5.69 Å². The molecule has 98 valence electrons. The number of carbonyl (C=O) groups is 2. The largest absolute Gasteiger partial charge is 0.478 e. The number of anilines is 1. The molecule has 1 rings (SSSR count). The van der Waals surface area contributed by atoms with Crippen molar-refractivity contribution in [2.24, 2.45) is 11.8 Å². The first-order valence-electron chi connectivity index (χ1n) is 5.98. The summed E-state index contributed by atoms with van der Waals surface area (Å²) in [5, 5.41) is 11.8.